The summed E-state index contributed by atoms with van der Waals surface area (Å²) in [6.45, 7) is 0.373. The van der Waals surface area contributed by atoms with Gasteiger partial charge in [0.2, 0.25) is 0 Å². The van der Waals surface area contributed by atoms with Crippen LogP contribution in [-0.2, 0) is 14.2 Å². The maximum Gasteiger partial charge on any atom is 0.445 e. The van der Waals surface area contributed by atoms with Crippen molar-refractivity contribution in [3.05, 3.63) is 0 Å². The lowest BCUT2D eigenvalue weighted by atomic mass is 9.66. The third kappa shape index (κ3) is 7.78. The van der Waals surface area contributed by atoms with E-state index in [1.807, 2.05) is 0 Å². The predicted molar refractivity (Wildman–Crippen MR) is 123 cm³/mol. The number of ether oxygens (including phenoxy) is 3. The minimum Gasteiger partial charge on any atom is -0.376 e. The highest BCUT2D eigenvalue weighted by molar-refractivity contribution is 4.98. The van der Waals surface area contributed by atoms with Gasteiger partial charge in [-0.15, -0.1) is 0 Å². The third-order valence-corrected chi connectivity index (χ3v) is 9.11. The monoisotopic (exact) mass is 619 g/mol. The van der Waals surface area contributed by atoms with Gasteiger partial charge in [0.05, 0.1) is 18.8 Å². The van der Waals surface area contributed by atoms with Crippen molar-refractivity contribution in [2.75, 3.05) is 6.61 Å². The summed E-state index contributed by atoms with van der Waals surface area (Å²) in [6, 6.07) is -0.0720. The molecule has 1 saturated heterocycles. The quantitative estimate of drug-likeness (QED) is 0.325. The normalized spacial score (nSPS) is 45.8. The van der Waals surface area contributed by atoms with Crippen LogP contribution in [0.15, 0.2) is 0 Å². The van der Waals surface area contributed by atoms with E-state index in [1.54, 1.807) is 0 Å². The summed E-state index contributed by atoms with van der Waals surface area (Å²) in [5, 5.41) is 0. The maximum absolute atomic E-state index is 15.2. The summed E-state index contributed by atoms with van der Waals surface area (Å²) in [4.78, 5) is 0. The molecule has 15 heteroatoms. The van der Waals surface area contributed by atoms with Crippen molar-refractivity contribution < 1.29 is 62.5 Å². The molecule has 4 fully saturated rings. The molecule has 3 aliphatic carbocycles. The topological polar surface area (TPSA) is 53.7 Å². The van der Waals surface area contributed by atoms with Crippen molar-refractivity contribution in [1.29, 1.82) is 0 Å². The molecule has 10 unspecified atom stereocenters. The van der Waals surface area contributed by atoms with Gasteiger partial charge in [-0.2, -0.15) is 22.0 Å². The fourth-order valence-corrected chi connectivity index (χ4v) is 7.04. The van der Waals surface area contributed by atoms with Crippen LogP contribution in [0.3, 0.4) is 0 Å². The lowest BCUT2D eigenvalue weighted by Gasteiger charge is -2.45. The van der Waals surface area contributed by atoms with Gasteiger partial charge in [-0.3, -0.25) is 0 Å². The highest BCUT2D eigenvalue weighted by atomic mass is 19.4. The molecule has 240 valence electrons. The minimum absolute atomic E-state index is 0.0720. The Morgan fingerprint density at radius 1 is 0.707 bits per heavy atom. The van der Waals surface area contributed by atoms with E-state index >= 15 is 13.2 Å². The van der Waals surface area contributed by atoms with Crippen molar-refractivity contribution in [1.82, 2.24) is 0 Å². The van der Waals surface area contributed by atoms with E-state index in [0.29, 0.717) is 25.9 Å². The molecule has 4 aliphatic rings. The number of halogens is 11. The molecule has 1 heterocycles. The van der Waals surface area contributed by atoms with Gasteiger partial charge in [0.15, 0.2) is 0 Å². The second-order valence-corrected chi connectivity index (χ2v) is 12.0. The molecular formula is C26H36F11NO3. The van der Waals surface area contributed by atoms with E-state index in [1.165, 1.54) is 0 Å². The average molecular weight is 620 g/mol. The van der Waals surface area contributed by atoms with Gasteiger partial charge < -0.3 is 19.9 Å². The molecule has 41 heavy (non-hydrogen) atoms. The van der Waals surface area contributed by atoms with Gasteiger partial charge in [-0.25, -0.2) is 26.3 Å². The van der Waals surface area contributed by atoms with Gasteiger partial charge in [0.1, 0.15) is 42.9 Å². The van der Waals surface area contributed by atoms with E-state index < -0.39 is 105 Å². The Balaban J connectivity index is 1.31. The first-order chi connectivity index (χ1) is 19.1. The Labute approximate surface area is 230 Å². The van der Waals surface area contributed by atoms with Gasteiger partial charge in [-0.05, 0) is 62.7 Å². The zero-order valence-corrected chi connectivity index (χ0v) is 22.1. The van der Waals surface area contributed by atoms with E-state index in [9.17, 15) is 35.1 Å². The molecule has 0 aromatic carbocycles. The zero-order chi connectivity index (χ0) is 30.3. The van der Waals surface area contributed by atoms with Crippen LogP contribution in [0.2, 0.25) is 0 Å². The Bertz CT molecular complexity index is 822. The molecule has 0 radical (unpaired) electrons. The highest BCUT2D eigenvalue weighted by Crippen LogP contribution is 2.50. The van der Waals surface area contributed by atoms with Gasteiger partial charge in [0, 0.05) is 18.9 Å². The van der Waals surface area contributed by atoms with Crippen molar-refractivity contribution in [3.8, 4) is 0 Å². The van der Waals surface area contributed by atoms with Crippen molar-refractivity contribution in [2.24, 2.45) is 29.4 Å². The number of alkyl halides is 11. The fraction of sp³-hybridized carbons (Fsp3) is 1.00. The van der Waals surface area contributed by atoms with Crippen LogP contribution in [0.5, 0.6) is 0 Å². The second kappa shape index (κ2) is 13.0. The smallest absolute Gasteiger partial charge is 0.376 e. The van der Waals surface area contributed by atoms with Crippen molar-refractivity contribution in [3.63, 3.8) is 0 Å². The third-order valence-electron chi connectivity index (χ3n) is 9.11. The summed E-state index contributed by atoms with van der Waals surface area (Å²) in [5.41, 5.74) is 5.82. The Hall–Kier alpha value is -0.930. The summed E-state index contributed by atoms with van der Waals surface area (Å²) in [7, 11) is 0. The zero-order valence-electron chi connectivity index (χ0n) is 22.1. The molecule has 0 amide bonds. The molecule has 0 aromatic rings. The fourth-order valence-electron chi connectivity index (χ4n) is 7.04. The summed E-state index contributed by atoms with van der Waals surface area (Å²) in [6.07, 6.45) is -31.2. The van der Waals surface area contributed by atoms with Gasteiger partial charge in [-0.1, -0.05) is 0 Å². The first-order valence-electron chi connectivity index (χ1n) is 14.1. The molecular weight excluding hydrogens is 583 g/mol. The van der Waals surface area contributed by atoms with E-state index in [0.717, 1.165) is 6.42 Å². The molecule has 4 nitrogen and oxygen atoms in total. The highest BCUT2D eigenvalue weighted by Gasteiger charge is 2.58. The van der Waals surface area contributed by atoms with Crippen LogP contribution in [0.1, 0.15) is 57.8 Å². The number of hydrogen-bond donors (Lipinski definition) is 1. The van der Waals surface area contributed by atoms with Crippen molar-refractivity contribution >= 4 is 0 Å². The van der Waals surface area contributed by atoms with Crippen LogP contribution >= 0.6 is 0 Å². The Kier molecular flexibility index (Phi) is 10.4. The van der Waals surface area contributed by atoms with Crippen LogP contribution in [-0.4, -0.2) is 80.5 Å². The first-order valence-corrected chi connectivity index (χ1v) is 14.1. The lowest BCUT2D eigenvalue weighted by molar-refractivity contribution is -0.330. The van der Waals surface area contributed by atoms with E-state index in [-0.39, 0.29) is 24.5 Å². The van der Waals surface area contributed by atoms with E-state index in [2.05, 4.69) is 9.47 Å². The molecule has 1 aliphatic heterocycles. The molecule has 10 atom stereocenters. The first kappa shape index (κ1) is 33.0. The number of rotatable bonds is 7. The van der Waals surface area contributed by atoms with Crippen molar-refractivity contribution in [2.45, 2.75) is 132 Å². The van der Waals surface area contributed by atoms with E-state index in [4.69, 9.17) is 10.5 Å². The summed E-state index contributed by atoms with van der Waals surface area (Å²) >= 11 is 0. The Morgan fingerprint density at radius 3 is 1.80 bits per heavy atom. The number of hydrogen-bond acceptors (Lipinski definition) is 4. The lowest BCUT2D eigenvalue weighted by Crippen LogP contribution is -2.53. The molecule has 0 aromatic heterocycles. The molecule has 3 saturated carbocycles. The van der Waals surface area contributed by atoms with Crippen LogP contribution < -0.4 is 5.73 Å². The summed E-state index contributed by atoms with van der Waals surface area (Å²) in [5.74, 6) is -4.27. The number of nitrogens with two attached hydrogens (primary N) is 1. The Morgan fingerprint density at radius 2 is 1.29 bits per heavy atom. The molecule has 0 spiro atoms. The standard InChI is InChI=1S/C26H36F11NO3/c27-16-5-11(21-4-2-13(38)10-39-21)1-3-15(16)12-6-17(28)22(18(29)7-12)26(36,37)41-14-8-19(30)23(20(31)9-14)40-24(32)25(33,34)35/h11-24H,1-10,38H2. The summed E-state index contributed by atoms with van der Waals surface area (Å²) < 4.78 is 168. The van der Waals surface area contributed by atoms with Gasteiger partial charge >= 0.3 is 12.3 Å². The van der Waals surface area contributed by atoms with Crippen LogP contribution in [0.4, 0.5) is 48.3 Å². The average Bonchev–Trinajstić information content (AvgIpc) is 2.85. The van der Waals surface area contributed by atoms with Crippen LogP contribution in [0, 0.1) is 23.7 Å². The van der Waals surface area contributed by atoms with Crippen LogP contribution in [0.25, 0.3) is 0 Å². The predicted octanol–water partition coefficient (Wildman–Crippen LogP) is 6.64. The minimum atomic E-state index is -5.55. The molecule has 2 N–H and O–H groups in total. The maximum atomic E-state index is 15.2. The SMILES string of the molecule is NC1CCC(C2CCC(C3CC(F)C(C(F)(F)OC4CC(F)C(OC(F)C(F)(F)F)C(F)C4)C(F)C3)C(F)C2)OC1. The largest absolute Gasteiger partial charge is 0.445 e. The molecule has 4 rings (SSSR count). The molecule has 0 bridgehead atoms. The second-order valence-electron chi connectivity index (χ2n) is 12.0. The van der Waals surface area contributed by atoms with Gasteiger partial charge in [0.25, 0.3) is 6.36 Å².